The van der Waals surface area contributed by atoms with Crippen molar-refractivity contribution in [1.29, 1.82) is 0 Å². The molecule has 1 saturated carbocycles. The summed E-state index contributed by atoms with van der Waals surface area (Å²) < 4.78 is 5.42. The molecule has 20 heavy (non-hydrogen) atoms. The predicted octanol–water partition coefficient (Wildman–Crippen LogP) is 2.94. The first-order chi connectivity index (χ1) is 9.60. The molecule has 0 bridgehead atoms. The number of hydrogen-bond donors (Lipinski definition) is 2. The fraction of sp³-hybridized carbons (Fsp3) is 0.647. The summed E-state index contributed by atoms with van der Waals surface area (Å²) in [5.41, 5.74) is 1.32. The lowest BCUT2D eigenvalue weighted by atomic mass is 9.75. The summed E-state index contributed by atoms with van der Waals surface area (Å²) in [5.74, 6) is 2.14. The van der Waals surface area contributed by atoms with Crippen LogP contribution in [0.2, 0.25) is 0 Å². The van der Waals surface area contributed by atoms with Gasteiger partial charge in [0.15, 0.2) is 0 Å². The molecule has 112 valence electrons. The van der Waals surface area contributed by atoms with E-state index in [1.54, 1.807) is 7.11 Å². The SMILES string of the molecule is COc1ccccc1C1CC(NCC(O)CC(C)C)C1. The van der Waals surface area contributed by atoms with Crippen molar-refractivity contribution in [1.82, 2.24) is 5.32 Å². The van der Waals surface area contributed by atoms with Crippen molar-refractivity contribution in [3.63, 3.8) is 0 Å². The summed E-state index contributed by atoms with van der Waals surface area (Å²) in [6.07, 6.45) is 2.92. The summed E-state index contributed by atoms with van der Waals surface area (Å²) in [6, 6.07) is 8.81. The molecule has 0 heterocycles. The van der Waals surface area contributed by atoms with Crippen molar-refractivity contribution < 1.29 is 9.84 Å². The molecule has 0 amide bonds. The molecule has 1 atom stereocenters. The van der Waals surface area contributed by atoms with Gasteiger partial charge in [-0.1, -0.05) is 32.0 Å². The van der Waals surface area contributed by atoms with Gasteiger partial charge < -0.3 is 15.2 Å². The number of rotatable bonds is 7. The topological polar surface area (TPSA) is 41.5 Å². The Balaban J connectivity index is 1.74. The van der Waals surface area contributed by atoms with Crippen molar-refractivity contribution in [2.45, 2.75) is 51.2 Å². The van der Waals surface area contributed by atoms with E-state index in [-0.39, 0.29) is 6.10 Å². The standard InChI is InChI=1S/C17H27NO2/c1-12(2)8-15(19)11-18-14-9-13(10-14)16-6-4-5-7-17(16)20-3/h4-7,12-15,18-19H,8-11H2,1-3H3. The monoisotopic (exact) mass is 277 g/mol. The normalized spacial score (nSPS) is 23.4. The Hall–Kier alpha value is -1.06. The summed E-state index contributed by atoms with van der Waals surface area (Å²) >= 11 is 0. The number of aliphatic hydroxyl groups is 1. The maximum absolute atomic E-state index is 9.87. The minimum Gasteiger partial charge on any atom is -0.496 e. The summed E-state index contributed by atoms with van der Waals surface area (Å²) in [7, 11) is 1.73. The zero-order valence-electron chi connectivity index (χ0n) is 12.8. The fourth-order valence-corrected chi connectivity index (χ4v) is 2.97. The summed E-state index contributed by atoms with van der Waals surface area (Å²) in [6.45, 7) is 5.00. The highest BCUT2D eigenvalue weighted by atomic mass is 16.5. The number of ether oxygens (including phenoxy) is 1. The van der Waals surface area contributed by atoms with Crippen LogP contribution in [-0.2, 0) is 0 Å². The van der Waals surface area contributed by atoms with E-state index in [9.17, 15) is 5.11 Å². The fourth-order valence-electron chi connectivity index (χ4n) is 2.97. The molecule has 0 radical (unpaired) electrons. The van der Waals surface area contributed by atoms with Crippen LogP contribution in [0.15, 0.2) is 24.3 Å². The molecule has 1 aliphatic rings. The Morgan fingerprint density at radius 3 is 2.65 bits per heavy atom. The number of nitrogens with one attached hydrogen (secondary N) is 1. The van der Waals surface area contributed by atoms with Gasteiger partial charge >= 0.3 is 0 Å². The highest BCUT2D eigenvalue weighted by Gasteiger charge is 2.31. The largest absolute Gasteiger partial charge is 0.496 e. The molecule has 2 N–H and O–H groups in total. The molecule has 1 fully saturated rings. The highest BCUT2D eigenvalue weighted by Crippen LogP contribution is 2.40. The molecular weight excluding hydrogens is 250 g/mol. The van der Waals surface area contributed by atoms with Crippen molar-refractivity contribution in [3.05, 3.63) is 29.8 Å². The van der Waals surface area contributed by atoms with Crippen LogP contribution in [0.1, 0.15) is 44.6 Å². The van der Waals surface area contributed by atoms with Gasteiger partial charge in [-0.15, -0.1) is 0 Å². The second-order valence-electron chi connectivity index (χ2n) is 6.30. The minimum absolute atomic E-state index is 0.222. The maximum Gasteiger partial charge on any atom is 0.122 e. The quantitative estimate of drug-likeness (QED) is 0.805. The molecule has 0 aliphatic heterocycles. The zero-order valence-corrected chi connectivity index (χ0v) is 12.8. The molecule has 1 aromatic rings. The first-order valence-electron chi connectivity index (χ1n) is 7.64. The van der Waals surface area contributed by atoms with Crippen LogP contribution < -0.4 is 10.1 Å². The maximum atomic E-state index is 9.87. The van der Waals surface area contributed by atoms with Crippen LogP contribution in [0.5, 0.6) is 5.75 Å². The molecule has 3 nitrogen and oxygen atoms in total. The zero-order chi connectivity index (χ0) is 14.5. The van der Waals surface area contributed by atoms with E-state index in [1.165, 1.54) is 5.56 Å². The lowest BCUT2D eigenvalue weighted by Gasteiger charge is -2.37. The van der Waals surface area contributed by atoms with Crippen LogP contribution in [0.3, 0.4) is 0 Å². The van der Waals surface area contributed by atoms with E-state index < -0.39 is 0 Å². The number of benzene rings is 1. The van der Waals surface area contributed by atoms with Gasteiger partial charge in [0.1, 0.15) is 5.75 Å². The third-order valence-electron chi connectivity index (χ3n) is 4.10. The third-order valence-corrected chi connectivity index (χ3v) is 4.10. The molecule has 0 saturated heterocycles. The van der Waals surface area contributed by atoms with Crippen LogP contribution in [0.4, 0.5) is 0 Å². The molecule has 1 unspecified atom stereocenters. The Morgan fingerprint density at radius 2 is 2.00 bits per heavy atom. The van der Waals surface area contributed by atoms with Crippen molar-refractivity contribution in [3.8, 4) is 5.75 Å². The summed E-state index contributed by atoms with van der Waals surface area (Å²) in [5, 5.41) is 13.3. The molecule has 3 heteroatoms. The lowest BCUT2D eigenvalue weighted by Crippen LogP contribution is -2.43. The number of methoxy groups -OCH3 is 1. The molecular formula is C17H27NO2. The molecule has 0 spiro atoms. The van der Waals surface area contributed by atoms with Crippen molar-refractivity contribution >= 4 is 0 Å². The van der Waals surface area contributed by atoms with Gasteiger partial charge in [-0.05, 0) is 42.7 Å². The Morgan fingerprint density at radius 1 is 1.30 bits per heavy atom. The van der Waals surface area contributed by atoms with Gasteiger partial charge in [-0.2, -0.15) is 0 Å². The number of aliphatic hydroxyl groups excluding tert-OH is 1. The Kier molecular flexibility index (Phi) is 5.44. The van der Waals surface area contributed by atoms with Gasteiger partial charge in [0, 0.05) is 12.6 Å². The van der Waals surface area contributed by atoms with Gasteiger partial charge in [-0.3, -0.25) is 0 Å². The van der Waals surface area contributed by atoms with Crippen LogP contribution in [0, 0.1) is 5.92 Å². The predicted molar refractivity (Wildman–Crippen MR) is 82.2 cm³/mol. The molecule has 1 aromatic carbocycles. The van der Waals surface area contributed by atoms with E-state index in [2.05, 4.69) is 31.3 Å². The van der Waals surface area contributed by atoms with Crippen LogP contribution in [-0.4, -0.2) is 30.9 Å². The van der Waals surface area contributed by atoms with Crippen molar-refractivity contribution in [2.75, 3.05) is 13.7 Å². The second-order valence-corrected chi connectivity index (χ2v) is 6.30. The van der Waals surface area contributed by atoms with E-state index >= 15 is 0 Å². The average Bonchev–Trinajstić information content (AvgIpc) is 2.36. The third kappa shape index (κ3) is 3.97. The number of para-hydroxylation sites is 1. The van der Waals surface area contributed by atoms with Gasteiger partial charge in [0.2, 0.25) is 0 Å². The van der Waals surface area contributed by atoms with Crippen molar-refractivity contribution in [2.24, 2.45) is 5.92 Å². The van der Waals surface area contributed by atoms with Gasteiger partial charge in [0.05, 0.1) is 13.2 Å². The average molecular weight is 277 g/mol. The Bertz CT molecular complexity index is 413. The first-order valence-corrected chi connectivity index (χ1v) is 7.64. The smallest absolute Gasteiger partial charge is 0.122 e. The van der Waals surface area contributed by atoms with E-state index in [1.807, 2.05) is 12.1 Å². The minimum atomic E-state index is -0.222. The molecule has 0 aromatic heterocycles. The van der Waals surface area contributed by atoms with Gasteiger partial charge in [0.25, 0.3) is 0 Å². The van der Waals surface area contributed by atoms with E-state index in [4.69, 9.17) is 4.74 Å². The highest BCUT2D eigenvalue weighted by molar-refractivity contribution is 5.37. The van der Waals surface area contributed by atoms with Crippen LogP contribution >= 0.6 is 0 Å². The van der Waals surface area contributed by atoms with E-state index in [0.29, 0.717) is 24.4 Å². The second kappa shape index (κ2) is 7.09. The lowest BCUT2D eigenvalue weighted by molar-refractivity contribution is 0.133. The van der Waals surface area contributed by atoms with E-state index in [0.717, 1.165) is 25.0 Å². The Labute approximate surface area is 122 Å². The molecule has 1 aliphatic carbocycles. The van der Waals surface area contributed by atoms with Crippen LogP contribution in [0.25, 0.3) is 0 Å². The summed E-state index contributed by atoms with van der Waals surface area (Å²) in [4.78, 5) is 0. The number of hydrogen-bond acceptors (Lipinski definition) is 3. The first kappa shape index (κ1) is 15.3. The molecule has 2 rings (SSSR count). The van der Waals surface area contributed by atoms with Gasteiger partial charge in [-0.25, -0.2) is 0 Å².